The summed E-state index contributed by atoms with van der Waals surface area (Å²) in [6.45, 7) is 1.24. The molecular weight excluding hydrogens is 294 g/mol. The lowest BCUT2D eigenvalue weighted by Crippen LogP contribution is -2.24. The van der Waals surface area contributed by atoms with Crippen LogP contribution in [0.3, 0.4) is 0 Å². The fourth-order valence-corrected chi connectivity index (χ4v) is 3.10. The molecule has 1 heterocycles. The van der Waals surface area contributed by atoms with E-state index in [9.17, 15) is 8.42 Å². The number of para-hydroxylation sites is 1. The number of hydrogen-bond acceptors (Lipinski definition) is 6. The van der Waals surface area contributed by atoms with Gasteiger partial charge in [-0.3, -0.25) is 0 Å². The van der Waals surface area contributed by atoms with Crippen LogP contribution in [0.25, 0.3) is 10.9 Å². The van der Waals surface area contributed by atoms with Gasteiger partial charge in [0.1, 0.15) is 21.2 Å². The van der Waals surface area contributed by atoms with Gasteiger partial charge in [0.15, 0.2) is 0 Å². The molecule has 0 saturated heterocycles. The lowest BCUT2D eigenvalue weighted by Gasteiger charge is -2.05. The van der Waals surface area contributed by atoms with Crippen molar-refractivity contribution in [3.05, 3.63) is 30.6 Å². The zero-order valence-corrected chi connectivity index (χ0v) is 12.9. The van der Waals surface area contributed by atoms with Crippen molar-refractivity contribution in [1.29, 1.82) is 0 Å². The molecule has 0 aliphatic carbocycles. The summed E-state index contributed by atoms with van der Waals surface area (Å²) in [6, 6.07) is 7.90. The van der Waals surface area contributed by atoms with Crippen molar-refractivity contribution in [2.24, 2.45) is 0 Å². The highest BCUT2D eigenvalue weighted by Gasteiger charge is 2.04. The van der Waals surface area contributed by atoms with E-state index < -0.39 is 9.84 Å². The molecule has 1 aromatic carbocycles. The molecule has 0 spiro atoms. The molecule has 2 rings (SSSR count). The number of rotatable bonds is 7. The molecule has 7 heteroatoms. The van der Waals surface area contributed by atoms with Gasteiger partial charge >= 0.3 is 0 Å². The van der Waals surface area contributed by atoms with Crippen molar-refractivity contribution >= 4 is 32.5 Å². The molecule has 0 aliphatic heterocycles. The summed E-state index contributed by atoms with van der Waals surface area (Å²) in [5, 5.41) is 5.13. The van der Waals surface area contributed by atoms with E-state index in [1.165, 1.54) is 6.26 Å². The Morgan fingerprint density at radius 2 is 2.00 bits per heavy atom. The highest BCUT2D eigenvalue weighted by Crippen LogP contribution is 2.23. The maximum atomic E-state index is 11.0. The molecule has 108 valence electrons. The summed E-state index contributed by atoms with van der Waals surface area (Å²) in [6.07, 6.45) is 2.82. The minimum atomic E-state index is -2.88. The maximum Gasteiger partial charge on any atom is 0.148 e. The average Bonchev–Trinajstić information content (AvgIpc) is 2.41. The van der Waals surface area contributed by atoms with Crippen molar-refractivity contribution in [3.8, 4) is 0 Å². The zero-order valence-electron chi connectivity index (χ0n) is 11.2. The van der Waals surface area contributed by atoms with Gasteiger partial charge in [0, 0.05) is 30.5 Å². The lowest BCUT2D eigenvalue weighted by atomic mass is 10.2. The maximum absolute atomic E-state index is 11.0. The summed E-state index contributed by atoms with van der Waals surface area (Å²) in [4.78, 5) is 8.51. The third-order valence-corrected chi connectivity index (χ3v) is 4.63. The third-order valence-electron chi connectivity index (χ3n) is 2.67. The van der Waals surface area contributed by atoms with Gasteiger partial charge in [-0.05, 0) is 6.07 Å². The molecule has 0 atom stereocenters. The fourth-order valence-electron chi connectivity index (χ4n) is 1.70. The van der Waals surface area contributed by atoms with Crippen LogP contribution in [0.1, 0.15) is 0 Å². The van der Waals surface area contributed by atoms with Gasteiger partial charge in [-0.1, -0.05) is 18.2 Å². The molecule has 0 bridgehead atoms. The molecule has 1 aromatic heterocycles. The number of hydrogen-bond donors (Lipinski definition) is 1. The van der Waals surface area contributed by atoms with Crippen molar-refractivity contribution in [2.45, 2.75) is 5.03 Å². The number of thioether (sulfide) groups is 1. The second-order valence-corrected chi connectivity index (χ2v) is 7.77. The van der Waals surface area contributed by atoms with E-state index in [-0.39, 0.29) is 5.75 Å². The van der Waals surface area contributed by atoms with Crippen molar-refractivity contribution in [3.63, 3.8) is 0 Å². The first-order valence-corrected chi connectivity index (χ1v) is 9.32. The van der Waals surface area contributed by atoms with Gasteiger partial charge in [-0.25, -0.2) is 18.4 Å². The Morgan fingerprint density at radius 1 is 1.20 bits per heavy atom. The van der Waals surface area contributed by atoms with Gasteiger partial charge in [0.2, 0.25) is 0 Å². The first-order valence-electron chi connectivity index (χ1n) is 6.27. The number of nitrogens with zero attached hydrogens (tertiary/aromatic N) is 2. The van der Waals surface area contributed by atoms with Gasteiger partial charge in [-0.15, -0.1) is 11.8 Å². The van der Waals surface area contributed by atoms with Crippen LogP contribution in [0.15, 0.2) is 35.6 Å². The van der Waals surface area contributed by atoms with Gasteiger partial charge in [0.25, 0.3) is 0 Å². The van der Waals surface area contributed by atoms with Gasteiger partial charge in [-0.2, -0.15) is 0 Å². The second kappa shape index (κ2) is 7.01. The first-order chi connectivity index (χ1) is 9.56. The molecule has 0 fully saturated rings. The number of nitrogens with one attached hydrogen (secondary N) is 1. The van der Waals surface area contributed by atoms with E-state index in [1.807, 2.05) is 24.3 Å². The zero-order chi connectivity index (χ0) is 14.4. The summed E-state index contributed by atoms with van der Waals surface area (Å²) in [5.41, 5.74) is 0.940. The molecule has 1 N–H and O–H groups in total. The SMILES string of the molecule is CS(=O)(=O)CCNCCSc1ncnc2ccccc12. The molecule has 0 amide bonds. The van der Waals surface area contributed by atoms with Crippen LogP contribution in [-0.4, -0.2) is 49.2 Å². The van der Waals surface area contributed by atoms with Crippen molar-refractivity contribution in [1.82, 2.24) is 15.3 Å². The molecule has 0 radical (unpaired) electrons. The highest BCUT2D eigenvalue weighted by atomic mass is 32.2. The topological polar surface area (TPSA) is 72.0 Å². The van der Waals surface area contributed by atoms with Crippen LogP contribution in [0.5, 0.6) is 0 Å². The van der Waals surface area contributed by atoms with Gasteiger partial charge in [0.05, 0.1) is 11.3 Å². The molecule has 2 aromatic rings. The molecule has 20 heavy (non-hydrogen) atoms. The quantitative estimate of drug-likeness (QED) is 0.473. The van der Waals surface area contributed by atoms with Crippen LogP contribution in [0.4, 0.5) is 0 Å². The normalized spacial score (nSPS) is 11.8. The monoisotopic (exact) mass is 311 g/mol. The van der Waals surface area contributed by atoms with E-state index >= 15 is 0 Å². The second-order valence-electron chi connectivity index (χ2n) is 4.42. The fraction of sp³-hybridized carbons (Fsp3) is 0.385. The molecular formula is C13H17N3O2S2. The summed E-state index contributed by atoms with van der Waals surface area (Å²) >= 11 is 1.64. The van der Waals surface area contributed by atoms with Crippen molar-refractivity contribution in [2.75, 3.05) is 30.9 Å². The van der Waals surface area contributed by atoms with Crippen LogP contribution in [0, 0.1) is 0 Å². The smallest absolute Gasteiger partial charge is 0.148 e. The predicted octanol–water partition coefficient (Wildman–Crippen LogP) is 1.36. The molecule has 0 unspecified atom stereocenters. The Morgan fingerprint density at radius 3 is 2.80 bits per heavy atom. The predicted molar refractivity (Wildman–Crippen MR) is 82.8 cm³/mol. The van der Waals surface area contributed by atoms with E-state index in [0.29, 0.717) is 6.54 Å². The Balaban J connectivity index is 1.82. The molecule has 0 aliphatic rings. The van der Waals surface area contributed by atoms with Gasteiger partial charge < -0.3 is 5.32 Å². The Labute approximate surface area is 123 Å². The third kappa shape index (κ3) is 4.73. The Bertz CT molecular complexity index is 669. The number of benzene rings is 1. The number of sulfone groups is 1. The van der Waals surface area contributed by atoms with E-state index in [0.717, 1.165) is 28.2 Å². The van der Waals surface area contributed by atoms with Crippen LogP contribution in [-0.2, 0) is 9.84 Å². The highest BCUT2D eigenvalue weighted by molar-refractivity contribution is 7.99. The molecule has 0 saturated carbocycles. The Hall–Kier alpha value is -1.18. The van der Waals surface area contributed by atoms with E-state index in [2.05, 4.69) is 15.3 Å². The van der Waals surface area contributed by atoms with Crippen LogP contribution in [0.2, 0.25) is 0 Å². The van der Waals surface area contributed by atoms with Crippen LogP contribution >= 0.6 is 11.8 Å². The standard InChI is InChI=1S/C13H17N3O2S2/c1-20(17,18)9-7-14-6-8-19-13-11-4-2-3-5-12(11)15-10-16-13/h2-5,10,14H,6-9H2,1H3. The average molecular weight is 311 g/mol. The summed E-state index contributed by atoms with van der Waals surface area (Å²) in [7, 11) is -2.88. The minimum absolute atomic E-state index is 0.175. The number of aromatic nitrogens is 2. The molecule has 5 nitrogen and oxygen atoms in total. The summed E-state index contributed by atoms with van der Waals surface area (Å²) < 4.78 is 21.9. The van der Waals surface area contributed by atoms with E-state index in [1.54, 1.807) is 18.1 Å². The Kier molecular flexibility index (Phi) is 5.33. The number of fused-ring (bicyclic) bond motifs is 1. The van der Waals surface area contributed by atoms with Crippen LogP contribution < -0.4 is 5.32 Å². The summed E-state index contributed by atoms with van der Waals surface area (Å²) in [5.74, 6) is 1.01. The van der Waals surface area contributed by atoms with E-state index in [4.69, 9.17) is 0 Å². The largest absolute Gasteiger partial charge is 0.315 e. The first kappa shape index (κ1) is 15.2. The minimum Gasteiger partial charge on any atom is -0.315 e. The van der Waals surface area contributed by atoms with Crippen molar-refractivity contribution < 1.29 is 8.42 Å². The lowest BCUT2D eigenvalue weighted by molar-refractivity contribution is 0.598.